The lowest BCUT2D eigenvalue weighted by molar-refractivity contribution is 0.0835. The minimum absolute atomic E-state index is 0.297. The van der Waals surface area contributed by atoms with Gasteiger partial charge in [0.25, 0.3) is 0 Å². The lowest BCUT2D eigenvalue weighted by Crippen LogP contribution is -2.32. The molecule has 0 heterocycles. The van der Waals surface area contributed by atoms with Gasteiger partial charge in [0.15, 0.2) is 0 Å². The van der Waals surface area contributed by atoms with Gasteiger partial charge in [-0.25, -0.2) is 0 Å². The van der Waals surface area contributed by atoms with Gasteiger partial charge in [0.1, 0.15) is 11.5 Å². The Kier molecular flexibility index (Phi) is 4.66. The highest BCUT2D eigenvalue weighted by Gasteiger charge is 2.30. The quantitative estimate of drug-likeness (QED) is 0.857. The number of nitrogens with two attached hydrogens (primary N) is 1. The Hall–Kier alpha value is -1.26. The monoisotopic (exact) mass is 265 g/mol. The van der Waals surface area contributed by atoms with Crippen molar-refractivity contribution in [3.05, 3.63) is 23.8 Å². The highest BCUT2D eigenvalue weighted by Crippen LogP contribution is 2.36. The summed E-state index contributed by atoms with van der Waals surface area (Å²) in [6.07, 6.45) is 3.96. The molecule has 4 heteroatoms. The van der Waals surface area contributed by atoms with Crippen LogP contribution in [0.5, 0.6) is 11.5 Å². The number of aliphatic hydroxyl groups is 1. The van der Waals surface area contributed by atoms with Gasteiger partial charge in [0.2, 0.25) is 0 Å². The van der Waals surface area contributed by atoms with Gasteiger partial charge < -0.3 is 20.3 Å². The molecular weight excluding hydrogens is 242 g/mol. The Bertz CT molecular complexity index is 416. The number of benzene rings is 1. The maximum absolute atomic E-state index is 10.4. The molecule has 0 unspecified atom stereocenters. The van der Waals surface area contributed by atoms with Crippen LogP contribution in [-0.4, -0.2) is 25.4 Å². The van der Waals surface area contributed by atoms with Gasteiger partial charge in [0.05, 0.1) is 26.4 Å². The normalized spacial score (nSPS) is 19.2. The summed E-state index contributed by atoms with van der Waals surface area (Å²) in [5, 5.41) is 10.4. The van der Waals surface area contributed by atoms with E-state index < -0.39 is 12.1 Å². The molecule has 0 radical (unpaired) electrons. The number of ether oxygens (including phenoxy) is 2. The van der Waals surface area contributed by atoms with E-state index in [0.717, 1.165) is 24.2 Å². The van der Waals surface area contributed by atoms with Crippen molar-refractivity contribution in [3.8, 4) is 11.5 Å². The smallest absolute Gasteiger partial charge is 0.123 e. The zero-order valence-electron chi connectivity index (χ0n) is 11.6. The van der Waals surface area contributed by atoms with E-state index in [4.69, 9.17) is 15.2 Å². The van der Waals surface area contributed by atoms with Crippen molar-refractivity contribution in [1.29, 1.82) is 0 Å². The standard InChI is InChI=1S/C15H23NO3/c1-18-11-7-8-13(19-2)12(9-11)14(16)15(17)10-5-3-4-6-10/h7-10,14-15,17H,3-6,16H2,1-2H3/t14-,15+/m0/s1. The SMILES string of the molecule is COc1ccc(OC)c([C@H](N)[C@H](O)C2CCCC2)c1. The Morgan fingerprint density at radius 1 is 1.21 bits per heavy atom. The molecule has 2 rings (SSSR count). The first-order valence-corrected chi connectivity index (χ1v) is 6.83. The zero-order chi connectivity index (χ0) is 13.8. The molecule has 106 valence electrons. The molecular formula is C15H23NO3. The minimum Gasteiger partial charge on any atom is -0.497 e. The van der Waals surface area contributed by atoms with Crippen molar-refractivity contribution in [3.63, 3.8) is 0 Å². The lowest BCUT2D eigenvalue weighted by atomic mass is 9.90. The van der Waals surface area contributed by atoms with Crippen molar-refractivity contribution in [2.75, 3.05) is 14.2 Å². The molecule has 0 spiro atoms. The van der Waals surface area contributed by atoms with Crippen LogP contribution in [0.25, 0.3) is 0 Å². The van der Waals surface area contributed by atoms with E-state index in [2.05, 4.69) is 0 Å². The Labute approximate surface area is 114 Å². The van der Waals surface area contributed by atoms with E-state index in [9.17, 15) is 5.11 Å². The molecule has 1 aromatic carbocycles. The average Bonchev–Trinajstić information content (AvgIpc) is 2.99. The molecule has 0 amide bonds. The van der Waals surface area contributed by atoms with Crippen molar-refractivity contribution in [1.82, 2.24) is 0 Å². The van der Waals surface area contributed by atoms with Gasteiger partial charge in [-0.3, -0.25) is 0 Å². The van der Waals surface area contributed by atoms with Crippen molar-refractivity contribution < 1.29 is 14.6 Å². The van der Waals surface area contributed by atoms with Crippen LogP contribution in [0.1, 0.15) is 37.3 Å². The molecule has 1 fully saturated rings. The molecule has 0 aromatic heterocycles. The molecule has 1 aromatic rings. The van der Waals surface area contributed by atoms with Crippen LogP contribution in [0.4, 0.5) is 0 Å². The summed E-state index contributed by atoms with van der Waals surface area (Å²) in [6.45, 7) is 0. The third-order valence-corrected chi connectivity index (χ3v) is 4.05. The molecule has 19 heavy (non-hydrogen) atoms. The maximum atomic E-state index is 10.4. The Morgan fingerprint density at radius 3 is 2.47 bits per heavy atom. The third-order valence-electron chi connectivity index (χ3n) is 4.05. The van der Waals surface area contributed by atoms with Crippen LogP contribution in [0, 0.1) is 5.92 Å². The zero-order valence-corrected chi connectivity index (χ0v) is 11.6. The van der Waals surface area contributed by atoms with Crippen molar-refractivity contribution >= 4 is 0 Å². The highest BCUT2D eigenvalue weighted by molar-refractivity contribution is 5.42. The van der Waals surface area contributed by atoms with E-state index in [1.165, 1.54) is 12.8 Å². The minimum atomic E-state index is -0.525. The predicted octanol–water partition coefficient (Wildman–Crippen LogP) is 2.25. The number of methoxy groups -OCH3 is 2. The summed E-state index contributed by atoms with van der Waals surface area (Å²) in [5.41, 5.74) is 7.04. The summed E-state index contributed by atoms with van der Waals surface area (Å²) in [4.78, 5) is 0. The number of hydrogen-bond acceptors (Lipinski definition) is 4. The summed E-state index contributed by atoms with van der Waals surface area (Å²) in [6, 6.07) is 5.07. The van der Waals surface area contributed by atoms with Crippen LogP contribution in [0.2, 0.25) is 0 Å². The van der Waals surface area contributed by atoms with Gasteiger partial charge in [-0.1, -0.05) is 12.8 Å². The number of aliphatic hydroxyl groups excluding tert-OH is 1. The fourth-order valence-corrected chi connectivity index (χ4v) is 2.88. The first-order chi connectivity index (χ1) is 9.17. The summed E-state index contributed by atoms with van der Waals surface area (Å²) >= 11 is 0. The van der Waals surface area contributed by atoms with Crippen LogP contribution in [0.3, 0.4) is 0 Å². The van der Waals surface area contributed by atoms with E-state index in [0.29, 0.717) is 11.7 Å². The number of rotatable bonds is 5. The fourth-order valence-electron chi connectivity index (χ4n) is 2.88. The second-order valence-corrected chi connectivity index (χ2v) is 5.17. The second kappa shape index (κ2) is 6.26. The maximum Gasteiger partial charge on any atom is 0.123 e. The molecule has 1 saturated carbocycles. The van der Waals surface area contributed by atoms with E-state index >= 15 is 0 Å². The molecule has 1 aliphatic rings. The van der Waals surface area contributed by atoms with Crippen LogP contribution in [0.15, 0.2) is 18.2 Å². The van der Waals surface area contributed by atoms with Gasteiger partial charge >= 0.3 is 0 Å². The van der Waals surface area contributed by atoms with Crippen LogP contribution in [-0.2, 0) is 0 Å². The Balaban J connectivity index is 2.22. The highest BCUT2D eigenvalue weighted by atomic mass is 16.5. The Morgan fingerprint density at radius 2 is 1.89 bits per heavy atom. The topological polar surface area (TPSA) is 64.7 Å². The molecule has 4 nitrogen and oxygen atoms in total. The first kappa shape index (κ1) is 14.2. The van der Waals surface area contributed by atoms with Gasteiger partial charge in [-0.2, -0.15) is 0 Å². The third kappa shape index (κ3) is 3.01. The molecule has 0 bridgehead atoms. The second-order valence-electron chi connectivity index (χ2n) is 5.17. The fraction of sp³-hybridized carbons (Fsp3) is 0.600. The van der Waals surface area contributed by atoms with Gasteiger partial charge in [0, 0.05) is 5.56 Å². The van der Waals surface area contributed by atoms with Crippen LogP contribution >= 0.6 is 0 Å². The van der Waals surface area contributed by atoms with Crippen LogP contribution < -0.4 is 15.2 Å². The average molecular weight is 265 g/mol. The summed E-state index contributed by atoms with van der Waals surface area (Å²) < 4.78 is 10.5. The molecule has 1 aliphatic carbocycles. The number of hydrogen-bond donors (Lipinski definition) is 2. The van der Waals surface area contributed by atoms with Gasteiger partial charge in [-0.05, 0) is 37.0 Å². The van der Waals surface area contributed by atoms with Gasteiger partial charge in [-0.15, -0.1) is 0 Å². The van der Waals surface area contributed by atoms with E-state index in [-0.39, 0.29) is 0 Å². The predicted molar refractivity (Wildman–Crippen MR) is 74.4 cm³/mol. The van der Waals surface area contributed by atoms with E-state index in [1.807, 2.05) is 18.2 Å². The summed E-state index contributed by atoms with van der Waals surface area (Å²) in [5.74, 6) is 1.72. The molecule has 0 aliphatic heterocycles. The summed E-state index contributed by atoms with van der Waals surface area (Å²) in [7, 11) is 3.23. The molecule has 2 atom stereocenters. The van der Waals surface area contributed by atoms with Crippen molar-refractivity contribution in [2.24, 2.45) is 11.7 Å². The lowest BCUT2D eigenvalue weighted by Gasteiger charge is -2.26. The molecule has 0 saturated heterocycles. The first-order valence-electron chi connectivity index (χ1n) is 6.83. The largest absolute Gasteiger partial charge is 0.497 e. The van der Waals surface area contributed by atoms with E-state index in [1.54, 1.807) is 14.2 Å². The van der Waals surface area contributed by atoms with Crippen molar-refractivity contribution in [2.45, 2.75) is 37.8 Å². The molecule has 3 N–H and O–H groups in total.